The molecule has 2 N–H and O–H groups in total. The third kappa shape index (κ3) is 3.20. The van der Waals surface area contributed by atoms with Crippen LogP contribution in [-0.2, 0) is 0 Å². The van der Waals surface area contributed by atoms with Gasteiger partial charge in [-0.25, -0.2) is 4.79 Å². The highest BCUT2D eigenvalue weighted by Gasteiger charge is 2.13. The van der Waals surface area contributed by atoms with Crippen molar-refractivity contribution in [1.29, 1.82) is 0 Å². The normalized spacial score (nSPS) is 11.7. The van der Waals surface area contributed by atoms with Crippen molar-refractivity contribution in [2.45, 2.75) is 13.0 Å². The lowest BCUT2D eigenvalue weighted by molar-refractivity contribution is 0.0697. The number of aromatic carboxylic acids is 1. The van der Waals surface area contributed by atoms with Crippen molar-refractivity contribution in [3.63, 3.8) is 0 Å². The quantitative estimate of drug-likeness (QED) is 0.893. The van der Waals surface area contributed by atoms with Crippen molar-refractivity contribution in [2.75, 3.05) is 0 Å². The van der Waals surface area contributed by atoms with Crippen LogP contribution in [-0.4, -0.2) is 22.0 Å². The molecule has 20 heavy (non-hydrogen) atoms. The maximum absolute atomic E-state index is 12.1. The summed E-state index contributed by atoms with van der Waals surface area (Å²) in [5, 5.41) is 11.7. The molecule has 1 unspecified atom stereocenters. The Bertz CT molecular complexity index is 626. The van der Waals surface area contributed by atoms with Gasteiger partial charge >= 0.3 is 5.97 Å². The van der Waals surface area contributed by atoms with Gasteiger partial charge in [-0.15, -0.1) is 0 Å². The Hall–Kier alpha value is -2.69. The lowest BCUT2D eigenvalue weighted by Crippen LogP contribution is -2.26. The average Bonchev–Trinajstić information content (AvgIpc) is 2.48. The smallest absolute Gasteiger partial charge is 0.335 e. The summed E-state index contributed by atoms with van der Waals surface area (Å²) >= 11 is 0. The highest BCUT2D eigenvalue weighted by molar-refractivity contribution is 5.97. The number of nitrogens with one attached hydrogen (secondary N) is 1. The van der Waals surface area contributed by atoms with Crippen LogP contribution in [0.4, 0.5) is 0 Å². The van der Waals surface area contributed by atoms with E-state index < -0.39 is 5.97 Å². The number of hydrogen-bond donors (Lipinski definition) is 2. The molecule has 0 bridgehead atoms. The van der Waals surface area contributed by atoms with Crippen LogP contribution < -0.4 is 5.32 Å². The average molecular weight is 270 g/mol. The van der Waals surface area contributed by atoms with Gasteiger partial charge in [-0.05, 0) is 36.8 Å². The van der Waals surface area contributed by atoms with Crippen molar-refractivity contribution in [3.05, 3.63) is 65.5 Å². The predicted molar refractivity (Wildman–Crippen MR) is 73.5 cm³/mol. The second-order valence-electron chi connectivity index (χ2n) is 4.37. The van der Waals surface area contributed by atoms with Crippen LogP contribution in [0.25, 0.3) is 0 Å². The molecule has 2 aromatic rings. The maximum atomic E-state index is 12.1. The van der Waals surface area contributed by atoms with Crippen molar-refractivity contribution in [3.8, 4) is 0 Å². The minimum atomic E-state index is -1.06. The zero-order chi connectivity index (χ0) is 14.5. The molecule has 1 aromatic carbocycles. The van der Waals surface area contributed by atoms with Crippen molar-refractivity contribution < 1.29 is 14.7 Å². The molecule has 2 rings (SSSR count). The molecule has 0 spiro atoms. The molecule has 1 heterocycles. The van der Waals surface area contributed by atoms with Crippen molar-refractivity contribution in [2.24, 2.45) is 0 Å². The van der Waals surface area contributed by atoms with Gasteiger partial charge in [-0.3, -0.25) is 9.78 Å². The van der Waals surface area contributed by atoms with Gasteiger partial charge in [0.15, 0.2) is 0 Å². The third-order valence-electron chi connectivity index (χ3n) is 2.90. The zero-order valence-electron chi connectivity index (χ0n) is 10.9. The highest BCUT2D eigenvalue weighted by Crippen LogP contribution is 2.12. The molecule has 0 radical (unpaired) electrons. The molecular formula is C15H14N2O3. The van der Waals surface area contributed by atoms with Crippen LogP contribution in [0.15, 0.2) is 48.8 Å². The molecule has 1 aromatic heterocycles. The van der Waals surface area contributed by atoms with Crippen LogP contribution in [0.2, 0.25) is 0 Å². The Morgan fingerprint density at radius 2 is 1.95 bits per heavy atom. The minimum absolute atomic E-state index is 0.0895. The molecule has 0 fully saturated rings. The number of rotatable bonds is 4. The summed E-state index contributed by atoms with van der Waals surface area (Å²) in [5.74, 6) is -1.37. The lowest BCUT2D eigenvalue weighted by Gasteiger charge is -2.14. The first-order valence-corrected chi connectivity index (χ1v) is 6.12. The van der Waals surface area contributed by atoms with E-state index in [1.165, 1.54) is 12.1 Å². The summed E-state index contributed by atoms with van der Waals surface area (Å²) in [6.45, 7) is 1.84. The van der Waals surface area contributed by atoms with Crippen LogP contribution >= 0.6 is 0 Å². The standard InChI is InChI=1S/C15H14N2O3/c1-10(13-6-3-7-16-9-13)17-14(18)11-4-2-5-12(8-11)15(19)20/h2-10H,1H3,(H,17,18)(H,19,20). The van der Waals surface area contributed by atoms with Gasteiger partial charge < -0.3 is 10.4 Å². The lowest BCUT2D eigenvalue weighted by atomic mass is 10.1. The van der Waals surface area contributed by atoms with Crippen LogP contribution in [0.3, 0.4) is 0 Å². The summed E-state index contributed by atoms with van der Waals surface area (Å²) in [6.07, 6.45) is 3.34. The molecule has 0 aliphatic heterocycles. The first kappa shape index (κ1) is 13.7. The summed E-state index contributed by atoms with van der Waals surface area (Å²) < 4.78 is 0. The molecule has 1 atom stereocenters. The molecule has 0 aliphatic rings. The number of carboxylic acid groups (broad SMARTS) is 1. The fourth-order valence-corrected chi connectivity index (χ4v) is 1.79. The van der Waals surface area contributed by atoms with E-state index in [-0.39, 0.29) is 17.5 Å². The number of benzene rings is 1. The second kappa shape index (κ2) is 5.97. The van der Waals surface area contributed by atoms with Gasteiger partial charge in [0.25, 0.3) is 5.91 Å². The van der Waals surface area contributed by atoms with E-state index in [1.807, 2.05) is 13.0 Å². The Labute approximate surface area is 116 Å². The van der Waals surface area contributed by atoms with Crippen LogP contribution in [0.5, 0.6) is 0 Å². The minimum Gasteiger partial charge on any atom is -0.478 e. The number of carbonyl (C=O) groups is 2. The number of aromatic nitrogens is 1. The van der Waals surface area contributed by atoms with Crippen molar-refractivity contribution >= 4 is 11.9 Å². The van der Waals surface area contributed by atoms with Gasteiger partial charge in [-0.1, -0.05) is 12.1 Å². The van der Waals surface area contributed by atoms with Crippen LogP contribution in [0, 0.1) is 0 Å². The molecule has 102 valence electrons. The number of amides is 1. The number of hydrogen-bond acceptors (Lipinski definition) is 3. The number of carboxylic acids is 1. The fraction of sp³-hybridized carbons (Fsp3) is 0.133. The Morgan fingerprint density at radius 3 is 2.60 bits per heavy atom. The topological polar surface area (TPSA) is 79.3 Å². The monoisotopic (exact) mass is 270 g/mol. The summed E-state index contributed by atoms with van der Waals surface area (Å²) in [4.78, 5) is 27.0. The van der Waals surface area contributed by atoms with Gasteiger partial charge in [-0.2, -0.15) is 0 Å². The predicted octanol–water partition coefficient (Wildman–Crippen LogP) is 2.27. The Morgan fingerprint density at radius 1 is 1.20 bits per heavy atom. The zero-order valence-corrected chi connectivity index (χ0v) is 10.9. The van der Waals surface area contributed by atoms with Crippen molar-refractivity contribution in [1.82, 2.24) is 10.3 Å². The van der Waals surface area contributed by atoms with Crippen LogP contribution in [0.1, 0.15) is 39.2 Å². The Kier molecular flexibility index (Phi) is 4.10. The molecule has 0 saturated heterocycles. The molecule has 0 aliphatic carbocycles. The van der Waals surface area contributed by atoms with E-state index in [2.05, 4.69) is 10.3 Å². The molecule has 1 amide bonds. The number of nitrogens with zero attached hydrogens (tertiary/aromatic N) is 1. The molecule has 5 heteroatoms. The van der Waals surface area contributed by atoms with Gasteiger partial charge in [0.2, 0.25) is 0 Å². The van der Waals surface area contributed by atoms with E-state index in [0.29, 0.717) is 5.56 Å². The number of pyridine rings is 1. The Balaban J connectivity index is 2.12. The van der Waals surface area contributed by atoms with Gasteiger partial charge in [0.05, 0.1) is 11.6 Å². The SMILES string of the molecule is CC(NC(=O)c1cccc(C(=O)O)c1)c1cccnc1. The molecular weight excluding hydrogens is 256 g/mol. The first-order valence-electron chi connectivity index (χ1n) is 6.12. The highest BCUT2D eigenvalue weighted by atomic mass is 16.4. The van der Waals surface area contributed by atoms with E-state index in [1.54, 1.807) is 30.6 Å². The summed E-state index contributed by atoms with van der Waals surface area (Å²) in [6, 6.07) is 9.39. The summed E-state index contributed by atoms with van der Waals surface area (Å²) in [7, 11) is 0. The third-order valence-corrected chi connectivity index (χ3v) is 2.90. The largest absolute Gasteiger partial charge is 0.478 e. The van der Waals surface area contributed by atoms with Gasteiger partial charge in [0, 0.05) is 18.0 Å². The number of carbonyl (C=O) groups excluding carboxylic acids is 1. The summed E-state index contributed by atoms with van der Waals surface area (Å²) in [5.41, 5.74) is 1.29. The van der Waals surface area contributed by atoms with Gasteiger partial charge in [0.1, 0.15) is 0 Å². The van der Waals surface area contributed by atoms with E-state index in [4.69, 9.17) is 5.11 Å². The van der Waals surface area contributed by atoms with E-state index in [0.717, 1.165) is 5.56 Å². The van der Waals surface area contributed by atoms with E-state index in [9.17, 15) is 9.59 Å². The molecule has 0 saturated carbocycles. The second-order valence-corrected chi connectivity index (χ2v) is 4.37. The fourth-order valence-electron chi connectivity index (χ4n) is 1.79. The first-order chi connectivity index (χ1) is 9.58. The maximum Gasteiger partial charge on any atom is 0.335 e. The van der Waals surface area contributed by atoms with E-state index >= 15 is 0 Å². The molecule has 5 nitrogen and oxygen atoms in total.